The minimum absolute atomic E-state index is 0.0292. The molecule has 2 aliphatic heterocycles. The molecule has 1 aromatic heterocycles. The summed E-state index contributed by atoms with van der Waals surface area (Å²) in [6.07, 6.45) is 6.06. The van der Waals surface area contributed by atoms with Gasteiger partial charge in [-0.05, 0) is 36.7 Å². The third kappa shape index (κ3) is 3.57. The predicted octanol–water partition coefficient (Wildman–Crippen LogP) is 0.276. The van der Waals surface area contributed by atoms with Gasteiger partial charge >= 0.3 is 6.03 Å². The molecule has 0 bridgehead atoms. The van der Waals surface area contributed by atoms with Gasteiger partial charge in [0.15, 0.2) is 6.67 Å². The van der Waals surface area contributed by atoms with Gasteiger partial charge in [-0.1, -0.05) is 20.8 Å². The fourth-order valence-electron chi connectivity index (χ4n) is 5.51. The summed E-state index contributed by atoms with van der Waals surface area (Å²) in [6.45, 7) is 10.3. The maximum Gasteiger partial charge on any atom is 0.329 e. The Bertz CT molecular complexity index is 746. The zero-order valence-electron chi connectivity index (χ0n) is 17.1. The molecule has 1 aromatic rings. The number of anilines is 1. The Morgan fingerprint density at radius 3 is 2.50 bits per heavy atom. The Labute approximate surface area is 166 Å². The number of aromatic nitrogens is 2. The first-order valence-electron chi connectivity index (χ1n) is 10.3. The van der Waals surface area contributed by atoms with E-state index in [4.69, 9.17) is 0 Å². The predicted molar refractivity (Wildman–Crippen MR) is 105 cm³/mol. The quantitative estimate of drug-likeness (QED) is 0.728. The summed E-state index contributed by atoms with van der Waals surface area (Å²) in [5.41, 5.74) is -0.651. The summed E-state index contributed by atoms with van der Waals surface area (Å²) >= 11 is 0. The van der Waals surface area contributed by atoms with Gasteiger partial charge in [-0.15, -0.1) is 0 Å². The molecule has 3 aliphatic rings. The van der Waals surface area contributed by atoms with E-state index in [9.17, 15) is 9.59 Å². The number of nitrogens with zero attached hydrogens (tertiary/aromatic N) is 4. The monoisotopic (exact) mass is 387 g/mol. The average molecular weight is 388 g/mol. The highest BCUT2D eigenvalue weighted by Gasteiger charge is 2.56. The van der Waals surface area contributed by atoms with Crippen LogP contribution < -0.4 is 15.1 Å². The molecule has 1 aliphatic carbocycles. The van der Waals surface area contributed by atoms with Gasteiger partial charge in [-0.25, -0.2) is 19.7 Å². The lowest BCUT2D eigenvalue weighted by Gasteiger charge is -2.43. The van der Waals surface area contributed by atoms with Crippen molar-refractivity contribution in [2.75, 3.05) is 37.7 Å². The fraction of sp³-hybridized carbons (Fsp3) is 0.700. The minimum Gasteiger partial charge on any atom is -0.330 e. The van der Waals surface area contributed by atoms with Crippen molar-refractivity contribution in [3.63, 3.8) is 0 Å². The molecule has 1 saturated carbocycles. The number of amides is 3. The summed E-state index contributed by atoms with van der Waals surface area (Å²) < 4.78 is 0. The molecule has 2 atom stereocenters. The highest BCUT2D eigenvalue weighted by molar-refractivity contribution is 6.07. The van der Waals surface area contributed by atoms with Gasteiger partial charge in [0, 0.05) is 12.4 Å². The lowest BCUT2D eigenvalue weighted by molar-refractivity contribution is -0.907. The summed E-state index contributed by atoms with van der Waals surface area (Å²) in [6, 6.07) is 1.59. The van der Waals surface area contributed by atoms with Crippen LogP contribution in [0.25, 0.3) is 0 Å². The second-order valence-electron chi connectivity index (χ2n) is 9.54. The number of urea groups is 1. The van der Waals surface area contributed by atoms with Crippen LogP contribution in [0, 0.1) is 11.3 Å². The molecule has 8 heteroatoms. The molecule has 2 saturated heterocycles. The van der Waals surface area contributed by atoms with Crippen LogP contribution in [0.5, 0.6) is 0 Å². The summed E-state index contributed by atoms with van der Waals surface area (Å²) in [7, 11) is 0. The van der Waals surface area contributed by atoms with E-state index in [1.165, 1.54) is 9.80 Å². The van der Waals surface area contributed by atoms with E-state index in [-0.39, 0.29) is 17.4 Å². The van der Waals surface area contributed by atoms with E-state index < -0.39 is 5.54 Å². The van der Waals surface area contributed by atoms with Crippen molar-refractivity contribution in [3.8, 4) is 0 Å². The largest absolute Gasteiger partial charge is 0.330 e. The zero-order valence-corrected chi connectivity index (χ0v) is 17.1. The van der Waals surface area contributed by atoms with Crippen LogP contribution >= 0.6 is 0 Å². The van der Waals surface area contributed by atoms with Crippen molar-refractivity contribution in [2.24, 2.45) is 11.3 Å². The van der Waals surface area contributed by atoms with E-state index in [1.807, 2.05) is 6.07 Å². The molecule has 8 nitrogen and oxygen atoms in total. The Hall–Kier alpha value is -2.22. The lowest BCUT2D eigenvalue weighted by atomic mass is 9.64. The number of quaternary nitrogens is 1. The van der Waals surface area contributed by atoms with E-state index in [1.54, 1.807) is 12.4 Å². The Morgan fingerprint density at radius 2 is 1.86 bits per heavy atom. The summed E-state index contributed by atoms with van der Waals surface area (Å²) in [5.74, 6) is 1.14. The fourth-order valence-corrected chi connectivity index (χ4v) is 5.51. The zero-order chi connectivity index (χ0) is 19.9. The van der Waals surface area contributed by atoms with Gasteiger partial charge in [-0.2, -0.15) is 0 Å². The second kappa shape index (κ2) is 6.99. The highest BCUT2D eigenvalue weighted by Crippen LogP contribution is 2.46. The molecular weight excluding hydrogens is 356 g/mol. The molecular formula is C20H31N6O2+. The first-order valence-corrected chi connectivity index (χ1v) is 10.3. The second-order valence-corrected chi connectivity index (χ2v) is 9.54. The number of carbonyl (C=O) groups excluding carboxylic acids is 2. The topological polar surface area (TPSA) is 82.9 Å². The number of piperazine rings is 1. The molecule has 4 rings (SSSR count). The van der Waals surface area contributed by atoms with Crippen molar-refractivity contribution in [2.45, 2.75) is 45.6 Å². The highest BCUT2D eigenvalue weighted by atomic mass is 16.2. The SMILES string of the molecule is C[C@@H]1CC(C)(C)C[C@@]2(C1)NC(=O)N(C[NH+]1CCN(c3ncccn3)CC1)C2=O. The Morgan fingerprint density at radius 1 is 1.18 bits per heavy atom. The first kappa shape index (κ1) is 19.1. The van der Waals surface area contributed by atoms with Crippen LogP contribution in [-0.4, -0.2) is 65.2 Å². The van der Waals surface area contributed by atoms with Crippen LogP contribution in [0.3, 0.4) is 0 Å². The minimum atomic E-state index is -0.711. The molecule has 28 heavy (non-hydrogen) atoms. The number of imide groups is 1. The smallest absolute Gasteiger partial charge is 0.329 e. The van der Waals surface area contributed by atoms with E-state index in [0.717, 1.165) is 51.4 Å². The average Bonchev–Trinajstić information content (AvgIpc) is 2.85. The van der Waals surface area contributed by atoms with E-state index in [2.05, 4.69) is 41.0 Å². The third-order valence-corrected chi connectivity index (χ3v) is 6.31. The van der Waals surface area contributed by atoms with Crippen molar-refractivity contribution in [1.29, 1.82) is 0 Å². The standard InChI is InChI=1S/C20H30N6O2/c1-15-11-19(2,3)13-20(12-15)16(27)26(18(28)23-20)14-24-7-9-25(10-8-24)17-21-5-4-6-22-17/h4-6,15H,7-14H2,1-3H3,(H,23,28)/p+1/t15-,20-/m1/s1. The van der Waals surface area contributed by atoms with Gasteiger partial charge in [0.2, 0.25) is 5.95 Å². The first-order chi connectivity index (χ1) is 13.3. The number of carbonyl (C=O) groups is 2. The van der Waals surface area contributed by atoms with Gasteiger partial charge in [0.05, 0.1) is 26.2 Å². The van der Waals surface area contributed by atoms with Crippen molar-refractivity contribution >= 4 is 17.9 Å². The molecule has 3 fully saturated rings. The maximum absolute atomic E-state index is 13.3. The van der Waals surface area contributed by atoms with Crippen molar-refractivity contribution < 1.29 is 14.5 Å². The maximum atomic E-state index is 13.3. The molecule has 3 heterocycles. The molecule has 3 amide bonds. The van der Waals surface area contributed by atoms with Gasteiger partial charge in [0.25, 0.3) is 5.91 Å². The lowest BCUT2D eigenvalue weighted by Crippen LogP contribution is -3.16. The summed E-state index contributed by atoms with van der Waals surface area (Å²) in [5, 5.41) is 3.07. The Kier molecular flexibility index (Phi) is 4.77. The number of hydrogen-bond donors (Lipinski definition) is 2. The van der Waals surface area contributed by atoms with Gasteiger partial charge < -0.3 is 15.1 Å². The molecule has 2 N–H and O–H groups in total. The molecule has 0 unspecified atom stereocenters. The van der Waals surface area contributed by atoms with Crippen molar-refractivity contribution in [3.05, 3.63) is 18.5 Å². The molecule has 0 aromatic carbocycles. The van der Waals surface area contributed by atoms with Crippen LogP contribution in [0.4, 0.5) is 10.7 Å². The summed E-state index contributed by atoms with van der Waals surface area (Å²) in [4.78, 5) is 39.4. The van der Waals surface area contributed by atoms with Crippen LogP contribution in [0.2, 0.25) is 0 Å². The van der Waals surface area contributed by atoms with Crippen LogP contribution in [-0.2, 0) is 4.79 Å². The van der Waals surface area contributed by atoms with E-state index in [0.29, 0.717) is 12.6 Å². The van der Waals surface area contributed by atoms with Gasteiger partial charge in [0.1, 0.15) is 5.54 Å². The van der Waals surface area contributed by atoms with Gasteiger partial charge in [-0.3, -0.25) is 4.79 Å². The number of hydrogen-bond acceptors (Lipinski definition) is 5. The Balaban J connectivity index is 1.39. The number of rotatable bonds is 3. The molecule has 1 spiro atoms. The van der Waals surface area contributed by atoms with Crippen molar-refractivity contribution in [1.82, 2.24) is 20.2 Å². The normalized spacial score (nSPS) is 30.8. The molecule has 0 radical (unpaired) electrons. The van der Waals surface area contributed by atoms with Crippen LogP contribution in [0.1, 0.15) is 40.0 Å². The number of nitrogens with one attached hydrogen (secondary N) is 2. The molecule has 152 valence electrons. The van der Waals surface area contributed by atoms with Crippen LogP contribution in [0.15, 0.2) is 18.5 Å². The van der Waals surface area contributed by atoms with E-state index >= 15 is 0 Å². The third-order valence-electron chi connectivity index (χ3n) is 6.31.